The Morgan fingerprint density at radius 2 is 1.90 bits per heavy atom. The van der Waals surface area contributed by atoms with E-state index in [1.54, 1.807) is 4.90 Å². The van der Waals surface area contributed by atoms with E-state index in [1.165, 1.54) is 0 Å². The number of hydrogen-bond donors (Lipinski definition) is 1. The van der Waals surface area contributed by atoms with Gasteiger partial charge in [-0.15, -0.1) is 10.2 Å². The average molecular weight is 448 g/mol. The van der Waals surface area contributed by atoms with Crippen LogP contribution in [-0.2, 0) is 4.79 Å². The smallest absolute Gasteiger partial charge is 0.247 e. The molecule has 3 aliphatic heterocycles. The maximum atomic E-state index is 13.4. The first-order valence-electron chi connectivity index (χ1n) is 11.1. The molecule has 1 aromatic carbocycles. The molecule has 166 valence electrons. The third kappa shape index (κ3) is 4.47. The van der Waals surface area contributed by atoms with Crippen LogP contribution in [-0.4, -0.2) is 76.9 Å². The SMILES string of the molecule is O=C([C@@H]1C[C@H](N2CCC(c3nnc(-c4ccc(Cl)cc4)o3)CC2)CN1)N1CCC(F)C1. The Kier molecular flexibility index (Phi) is 5.95. The summed E-state index contributed by atoms with van der Waals surface area (Å²) in [6.45, 7) is 3.46. The van der Waals surface area contributed by atoms with Gasteiger partial charge in [0.05, 0.1) is 12.6 Å². The maximum absolute atomic E-state index is 13.4. The number of alkyl halides is 1. The molecule has 3 aliphatic rings. The molecule has 0 aliphatic carbocycles. The highest BCUT2D eigenvalue weighted by atomic mass is 35.5. The highest BCUT2D eigenvalue weighted by Gasteiger charge is 2.38. The Labute approximate surface area is 185 Å². The summed E-state index contributed by atoms with van der Waals surface area (Å²) in [5, 5.41) is 12.5. The van der Waals surface area contributed by atoms with Crippen LogP contribution < -0.4 is 5.32 Å². The first-order valence-corrected chi connectivity index (χ1v) is 11.4. The molecule has 1 aromatic heterocycles. The Hall–Kier alpha value is -2.03. The number of halogens is 2. The molecule has 3 saturated heterocycles. The Morgan fingerprint density at radius 1 is 1.13 bits per heavy atom. The van der Waals surface area contributed by atoms with Gasteiger partial charge in [-0.3, -0.25) is 9.69 Å². The van der Waals surface area contributed by atoms with Crippen LogP contribution in [0.25, 0.3) is 11.5 Å². The zero-order valence-corrected chi connectivity index (χ0v) is 18.1. The van der Waals surface area contributed by atoms with Crippen LogP contribution in [0.15, 0.2) is 28.7 Å². The normalized spacial score (nSPS) is 27.8. The molecule has 9 heteroatoms. The third-order valence-corrected chi connectivity index (χ3v) is 7.03. The highest BCUT2D eigenvalue weighted by molar-refractivity contribution is 6.30. The van der Waals surface area contributed by atoms with E-state index in [2.05, 4.69) is 20.4 Å². The highest BCUT2D eigenvalue weighted by Crippen LogP contribution is 2.31. The molecular weight excluding hydrogens is 421 g/mol. The number of piperidine rings is 1. The van der Waals surface area contributed by atoms with E-state index in [0.29, 0.717) is 35.8 Å². The van der Waals surface area contributed by atoms with E-state index >= 15 is 0 Å². The van der Waals surface area contributed by atoms with Gasteiger partial charge in [0.15, 0.2) is 0 Å². The van der Waals surface area contributed by atoms with Gasteiger partial charge in [0.1, 0.15) is 6.17 Å². The van der Waals surface area contributed by atoms with Gasteiger partial charge < -0.3 is 14.6 Å². The summed E-state index contributed by atoms with van der Waals surface area (Å²) in [7, 11) is 0. The van der Waals surface area contributed by atoms with Gasteiger partial charge in [0.25, 0.3) is 0 Å². The van der Waals surface area contributed by atoms with Crippen molar-refractivity contribution in [3.05, 3.63) is 35.2 Å². The molecule has 1 amide bonds. The first kappa shape index (κ1) is 20.8. The lowest BCUT2D eigenvalue weighted by atomic mass is 9.95. The standard InChI is InChI=1S/C22H27ClFN5O2/c23-16-3-1-14(2-4-16)20-26-27-21(31-20)15-5-8-28(9-6-15)18-11-19(25-12-18)22(30)29-10-7-17(24)13-29/h1-4,15,17-19,25H,5-13H2/t17?,18-,19-/m0/s1. The van der Waals surface area contributed by atoms with Gasteiger partial charge in [-0.1, -0.05) is 11.6 Å². The first-order chi connectivity index (χ1) is 15.1. The van der Waals surface area contributed by atoms with Gasteiger partial charge in [-0.05, 0) is 63.0 Å². The summed E-state index contributed by atoms with van der Waals surface area (Å²) >= 11 is 5.95. The predicted molar refractivity (Wildman–Crippen MR) is 115 cm³/mol. The molecule has 0 spiro atoms. The Morgan fingerprint density at radius 3 is 2.61 bits per heavy atom. The Bertz CT molecular complexity index is 915. The van der Waals surface area contributed by atoms with Crippen LogP contribution in [0.4, 0.5) is 4.39 Å². The lowest BCUT2D eigenvalue weighted by molar-refractivity contribution is -0.132. The monoisotopic (exact) mass is 447 g/mol. The zero-order chi connectivity index (χ0) is 21.4. The van der Waals surface area contributed by atoms with Crippen LogP contribution in [0.1, 0.15) is 37.5 Å². The number of amides is 1. The average Bonchev–Trinajstić information content (AvgIpc) is 3.55. The van der Waals surface area contributed by atoms with E-state index in [4.69, 9.17) is 16.0 Å². The van der Waals surface area contributed by atoms with Gasteiger partial charge in [0, 0.05) is 35.6 Å². The van der Waals surface area contributed by atoms with Crippen molar-refractivity contribution in [1.82, 2.24) is 25.3 Å². The minimum atomic E-state index is -0.870. The van der Waals surface area contributed by atoms with E-state index in [9.17, 15) is 9.18 Å². The van der Waals surface area contributed by atoms with Crippen LogP contribution in [0.5, 0.6) is 0 Å². The lowest BCUT2D eigenvalue weighted by Crippen LogP contribution is -2.43. The zero-order valence-electron chi connectivity index (χ0n) is 17.3. The van der Waals surface area contributed by atoms with Crippen molar-refractivity contribution >= 4 is 17.5 Å². The topological polar surface area (TPSA) is 74.5 Å². The number of likely N-dealkylation sites (tertiary alicyclic amines) is 2. The summed E-state index contributed by atoms with van der Waals surface area (Å²) in [4.78, 5) is 16.8. The Balaban J connectivity index is 1.13. The largest absolute Gasteiger partial charge is 0.420 e. The van der Waals surface area contributed by atoms with Crippen LogP contribution >= 0.6 is 11.6 Å². The molecule has 3 fully saturated rings. The van der Waals surface area contributed by atoms with Crippen molar-refractivity contribution in [2.45, 2.75) is 49.9 Å². The molecule has 1 unspecified atom stereocenters. The molecule has 7 nitrogen and oxygen atoms in total. The van der Waals surface area contributed by atoms with Crippen molar-refractivity contribution in [1.29, 1.82) is 0 Å². The molecule has 2 aromatic rings. The summed E-state index contributed by atoms with van der Waals surface area (Å²) < 4.78 is 19.4. The lowest BCUT2D eigenvalue weighted by Gasteiger charge is -2.34. The number of carbonyl (C=O) groups excluding carboxylic acids is 1. The van der Waals surface area contributed by atoms with E-state index in [-0.39, 0.29) is 24.4 Å². The minimum Gasteiger partial charge on any atom is -0.420 e. The van der Waals surface area contributed by atoms with Gasteiger partial charge in [-0.2, -0.15) is 0 Å². The molecular formula is C22H27ClFN5O2. The summed E-state index contributed by atoms with van der Waals surface area (Å²) in [5.74, 6) is 1.52. The maximum Gasteiger partial charge on any atom is 0.247 e. The number of carbonyl (C=O) groups is 1. The van der Waals surface area contributed by atoms with Crippen LogP contribution in [0.3, 0.4) is 0 Å². The number of aromatic nitrogens is 2. The number of nitrogens with zero attached hydrogens (tertiary/aromatic N) is 4. The second-order valence-electron chi connectivity index (χ2n) is 8.78. The predicted octanol–water partition coefficient (Wildman–Crippen LogP) is 2.87. The molecule has 31 heavy (non-hydrogen) atoms. The number of rotatable bonds is 4. The minimum absolute atomic E-state index is 0.0538. The van der Waals surface area contributed by atoms with E-state index in [0.717, 1.165) is 44.5 Å². The summed E-state index contributed by atoms with van der Waals surface area (Å²) in [5.41, 5.74) is 0.866. The molecule has 3 atom stereocenters. The molecule has 0 saturated carbocycles. The van der Waals surface area contributed by atoms with E-state index < -0.39 is 6.17 Å². The van der Waals surface area contributed by atoms with Gasteiger partial charge in [-0.25, -0.2) is 4.39 Å². The van der Waals surface area contributed by atoms with Crippen molar-refractivity contribution in [3.63, 3.8) is 0 Å². The summed E-state index contributed by atoms with van der Waals surface area (Å²) in [6, 6.07) is 7.53. The van der Waals surface area contributed by atoms with Crippen molar-refractivity contribution < 1.29 is 13.6 Å². The number of nitrogens with one attached hydrogen (secondary N) is 1. The van der Waals surface area contributed by atoms with Gasteiger partial charge in [0.2, 0.25) is 17.7 Å². The fraction of sp³-hybridized carbons (Fsp3) is 0.591. The molecule has 0 radical (unpaired) electrons. The fourth-order valence-corrected chi connectivity index (χ4v) is 5.07. The third-order valence-electron chi connectivity index (χ3n) is 6.78. The number of hydrogen-bond acceptors (Lipinski definition) is 6. The van der Waals surface area contributed by atoms with E-state index in [1.807, 2.05) is 24.3 Å². The van der Waals surface area contributed by atoms with Crippen molar-refractivity contribution in [2.75, 3.05) is 32.7 Å². The molecule has 0 bridgehead atoms. The van der Waals surface area contributed by atoms with Crippen LogP contribution in [0.2, 0.25) is 5.02 Å². The molecule has 1 N–H and O–H groups in total. The number of benzene rings is 1. The summed E-state index contributed by atoms with van der Waals surface area (Å²) in [6.07, 6.45) is 2.29. The second kappa shape index (κ2) is 8.84. The van der Waals surface area contributed by atoms with Crippen LogP contribution in [0, 0.1) is 0 Å². The van der Waals surface area contributed by atoms with Crippen molar-refractivity contribution in [2.24, 2.45) is 0 Å². The quantitative estimate of drug-likeness (QED) is 0.776. The fourth-order valence-electron chi connectivity index (χ4n) is 4.94. The second-order valence-corrected chi connectivity index (χ2v) is 9.22. The molecule has 5 rings (SSSR count). The molecule has 4 heterocycles. The van der Waals surface area contributed by atoms with Gasteiger partial charge >= 0.3 is 0 Å². The van der Waals surface area contributed by atoms with Crippen molar-refractivity contribution in [3.8, 4) is 11.5 Å².